The van der Waals surface area contributed by atoms with Crippen molar-refractivity contribution >= 4 is 5.91 Å². The molecular weight excluding hydrogens is 386 g/mol. The van der Waals surface area contributed by atoms with Gasteiger partial charge in [0.2, 0.25) is 5.91 Å². The van der Waals surface area contributed by atoms with Crippen LogP contribution in [-0.4, -0.2) is 74.9 Å². The van der Waals surface area contributed by atoms with E-state index in [2.05, 4.69) is 63.6 Å². The summed E-state index contributed by atoms with van der Waals surface area (Å²) in [5.41, 5.74) is 4.92. The van der Waals surface area contributed by atoms with Crippen LogP contribution < -0.4 is 0 Å². The van der Waals surface area contributed by atoms with Gasteiger partial charge in [-0.2, -0.15) is 0 Å². The van der Waals surface area contributed by atoms with E-state index >= 15 is 0 Å². The standard InChI is InChI=1S/C25H33N5O/c1-17(2)18(3)29-13-24-9-23(29)14-30(24)25(31)15-28-7-6-20-8-19(4-5-21(20)12-28)22-10-26-16-27-11-22/h4-5,8,10-11,16-18,23-24H,6-7,9,12-15H2,1-3H3/t18-,23-,24?/m0/s1. The molecule has 1 aromatic carbocycles. The molecule has 31 heavy (non-hydrogen) atoms. The van der Waals surface area contributed by atoms with Crippen molar-refractivity contribution in [2.75, 3.05) is 26.2 Å². The molecule has 0 spiro atoms. The Hall–Kier alpha value is -2.31. The largest absolute Gasteiger partial charge is 0.336 e. The second kappa shape index (κ2) is 8.32. The highest BCUT2D eigenvalue weighted by atomic mass is 16.2. The van der Waals surface area contributed by atoms with Crippen LogP contribution in [-0.2, 0) is 17.8 Å². The molecule has 3 aliphatic rings. The molecule has 0 aliphatic carbocycles. The number of aromatic nitrogens is 2. The maximum atomic E-state index is 13.1. The highest BCUT2D eigenvalue weighted by Crippen LogP contribution is 2.34. The van der Waals surface area contributed by atoms with Crippen molar-refractivity contribution in [1.82, 2.24) is 24.7 Å². The van der Waals surface area contributed by atoms with Gasteiger partial charge in [0.25, 0.3) is 0 Å². The molecule has 2 bridgehead atoms. The number of benzene rings is 1. The lowest BCUT2D eigenvalue weighted by Crippen LogP contribution is -2.54. The van der Waals surface area contributed by atoms with Crippen LogP contribution in [0.4, 0.5) is 0 Å². The quantitative estimate of drug-likeness (QED) is 0.746. The number of rotatable bonds is 5. The summed E-state index contributed by atoms with van der Waals surface area (Å²) in [5, 5.41) is 0. The molecule has 1 unspecified atom stereocenters. The molecule has 5 rings (SSSR count). The number of carbonyl (C=O) groups is 1. The minimum absolute atomic E-state index is 0.311. The fourth-order valence-corrected chi connectivity index (χ4v) is 5.54. The molecule has 6 nitrogen and oxygen atoms in total. The lowest BCUT2D eigenvalue weighted by Gasteiger charge is -2.40. The lowest BCUT2D eigenvalue weighted by atomic mass is 9.95. The topological polar surface area (TPSA) is 52.6 Å². The minimum Gasteiger partial charge on any atom is -0.336 e. The number of piperazine rings is 1. The van der Waals surface area contributed by atoms with E-state index in [4.69, 9.17) is 0 Å². The van der Waals surface area contributed by atoms with Gasteiger partial charge in [-0.3, -0.25) is 14.6 Å². The third kappa shape index (κ3) is 3.99. The number of nitrogens with zero attached hydrogens (tertiary/aromatic N) is 5. The molecule has 2 fully saturated rings. The van der Waals surface area contributed by atoms with Gasteiger partial charge in [0, 0.05) is 62.3 Å². The summed E-state index contributed by atoms with van der Waals surface area (Å²) in [4.78, 5) is 28.5. The molecule has 164 valence electrons. The molecule has 4 heterocycles. The van der Waals surface area contributed by atoms with Gasteiger partial charge in [-0.05, 0) is 42.4 Å². The molecule has 6 heteroatoms. The molecule has 0 saturated carbocycles. The number of carbonyl (C=O) groups excluding carboxylic acids is 1. The monoisotopic (exact) mass is 419 g/mol. The van der Waals surface area contributed by atoms with E-state index in [0.29, 0.717) is 36.5 Å². The molecule has 0 radical (unpaired) electrons. The van der Waals surface area contributed by atoms with Crippen LogP contribution in [0.5, 0.6) is 0 Å². The molecule has 3 aliphatic heterocycles. The van der Waals surface area contributed by atoms with Crippen molar-refractivity contribution in [3.8, 4) is 11.1 Å². The highest BCUT2D eigenvalue weighted by Gasteiger charge is 2.46. The molecule has 1 aromatic heterocycles. The molecule has 0 N–H and O–H groups in total. The Morgan fingerprint density at radius 1 is 1.06 bits per heavy atom. The SMILES string of the molecule is CC(C)[C@H](C)N1CC2C[C@H]1CN2C(=O)CN1CCc2cc(-c3cncnc3)ccc2C1. The van der Waals surface area contributed by atoms with E-state index in [-0.39, 0.29) is 0 Å². The van der Waals surface area contributed by atoms with Gasteiger partial charge < -0.3 is 4.90 Å². The highest BCUT2D eigenvalue weighted by molar-refractivity contribution is 5.79. The Kier molecular flexibility index (Phi) is 5.52. The van der Waals surface area contributed by atoms with Gasteiger partial charge >= 0.3 is 0 Å². The van der Waals surface area contributed by atoms with Crippen molar-refractivity contribution < 1.29 is 4.79 Å². The Labute approximate surface area is 185 Å². The first kappa shape index (κ1) is 20.6. The average Bonchev–Trinajstić information content (AvgIpc) is 3.40. The molecule has 3 atom stereocenters. The van der Waals surface area contributed by atoms with Gasteiger partial charge in [0.15, 0.2) is 0 Å². The number of hydrogen-bond acceptors (Lipinski definition) is 5. The fraction of sp³-hybridized carbons (Fsp3) is 0.560. The zero-order chi connectivity index (χ0) is 21.5. The van der Waals surface area contributed by atoms with E-state index in [1.54, 1.807) is 6.33 Å². The Morgan fingerprint density at radius 3 is 2.58 bits per heavy atom. The number of likely N-dealkylation sites (tertiary alicyclic amines) is 2. The van der Waals surface area contributed by atoms with E-state index in [0.717, 1.165) is 50.1 Å². The van der Waals surface area contributed by atoms with E-state index < -0.39 is 0 Å². The molecule has 1 amide bonds. The Morgan fingerprint density at radius 2 is 1.87 bits per heavy atom. The van der Waals surface area contributed by atoms with Crippen molar-refractivity contribution in [1.29, 1.82) is 0 Å². The minimum atomic E-state index is 0.311. The second-order valence-electron chi connectivity index (χ2n) is 9.84. The van der Waals surface area contributed by atoms with E-state index in [1.807, 2.05) is 12.4 Å². The first-order valence-corrected chi connectivity index (χ1v) is 11.6. The molecular formula is C25H33N5O. The van der Waals surface area contributed by atoms with Crippen molar-refractivity contribution in [3.63, 3.8) is 0 Å². The van der Waals surface area contributed by atoms with Gasteiger partial charge in [-0.15, -0.1) is 0 Å². The van der Waals surface area contributed by atoms with E-state index in [1.165, 1.54) is 11.1 Å². The summed E-state index contributed by atoms with van der Waals surface area (Å²) < 4.78 is 0. The summed E-state index contributed by atoms with van der Waals surface area (Å²) in [6.45, 7) is 11.2. The summed E-state index contributed by atoms with van der Waals surface area (Å²) in [6.07, 6.45) is 7.41. The Balaban J connectivity index is 1.19. The van der Waals surface area contributed by atoms with Crippen LogP contribution >= 0.6 is 0 Å². The predicted molar refractivity (Wildman–Crippen MR) is 121 cm³/mol. The fourth-order valence-electron chi connectivity index (χ4n) is 5.54. The van der Waals surface area contributed by atoms with Crippen molar-refractivity contribution in [2.45, 2.75) is 58.3 Å². The zero-order valence-electron chi connectivity index (χ0n) is 18.9. The number of fused-ring (bicyclic) bond motifs is 3. The summed E-state index contributed by atoms with van der Waals surface area (Å²) in [6, 6.07) is 8.17. The second-order valence-corrected chi connectivity index (χ2v) is 9.84. The van der Waals surface area contributed by atoms with Crippen LogP contribution in [0.25, 0.3) is 11.1 Å². The predicted octanol–water partition coefficient (Wildman–Crippen LogP) is 2.83. The van der Waals surface area contributed by atoms with Crippen LogP contribution in [0.1, 0.15) is 38.3 Å². The average molecular weight is 420 g/mol. The van der Waals surface area contributed by atoms with Crippen LogP contribution in [0.2, 0.25) is 0 Å². The third-order valence-corrected chi connectivity index (χ3v) is 7.64. The van der Waals surface area contributed by atoms with Gasteiger partial charge in [0.05, 0.1) is 6.54 Å². The van der Waals surface area contributed by atoms with Gasteiger partial charge in [-0.1, -0.05) is 32.0 Å². The summed E-state index contributed by atoms with van der Waals surface area (Å²) >= 11 is 0. The molecule has 2 saturated heterocycles. The Bertz CT molecular complexity index is 946. The maximum absolute atomic E-state index is 13.1. The van der Waals surface area contributed by atoms with Gasteiger partial charge in [-0.25, -0.2) is 9.97 Å². The molecule has 2 aromatic rings. The summed E-state index contributed by atoms with van der Waals surface area (Å²) in [7, 11) is 0. The first-order chi connectivity index (χ1) is 15.0. The zero-order valence-corrected chi connectivity index (χ0v) is 18.9. The number of hydrogen-bond donors (Lipinski definition) is 0. The van der Waals surface area contributed by atoms with Crippen LogP contribution in [0.15, 0.2) is 36.9 Å². The third-order valence-electron chi connectivity index (χ3n) is 7.64. The van der Waals surface area contributed by atoms with E-state index in [9.17, 15) is 4.79 Å². The maximum Gasteiger partial charge on any atom is 0.237 e. The van der Waals surface area contributed by atoms with Crippen LogP contribution in [0.3, 0.4) is 0 Å². The van der Waals surface area contributed by atoms with Crippen molar-refractivity contribution in [3.05, 3.63) is 48.0 Å². The lowest BCUT2D eigenvalue weighted by molar-refractivity contribution is -0.135. The first-order valence-electron chi connectivity index (χ1n) is 11.6. The van der Waals surface area contributed by atoms with Crippen LogP contribution in [0, 0.1) is 5.92 Å². The summed E-state index contributed by atoms with van der Waals surface area (Å²) in [5.74, 6) is 0.970. The van der Waals surface area contributed by atoms with Crippen molar-refractivity contribution in [2.24, 2.45) is 5.92 Å². The normalized spacial score (nSPS) is 24.6. The smallest absolute Gasteiger partial charge is 0.237 e. The number of amides is 1. The van der Waals surface area contributed by atoms with Gasteiger partial charge in [0.1, 0.15) is 6.33 Å².